The van der Waals surface area contributed by atoms with Crippen LogP contribution in [-0.2, 0) is 4.74 Å². The van der Waals surface area contributed by atoms with E-state index in [4.69, 9.17) is 20.8 Å². The Morgan fingerprint density at radius 2 is 1.90 bits per heavy atom. The first-order valence-corrected chi connectivity index (χ1v) is 10.5. The maximum atomic E-state index is 13.5. The number of hydrogen-bond donors (Lipinski definition) is 0. The van der Waals surface area contributed by atoms with Crippen LogP contribution in [0.4, 0.5) is 0 Å². The van der Waals surface area contributed by atoms with Gasteiger partial charge in [0.1, 0.15) is 5.58 Å². The molecule has 31 heavy (non-hydrogen) atoms. The third kappa shape index (κ3) is 3.51. The molecule has 0 bridgehead atoms. The van der Waals surface area contributed by atoms with E-state index in [1.807, 2.05) is 13.8 Å². The lowest BCUT2D eigenvalue weighted by Gasteiger charge is -2.25. The molecule has 0 saturated carbocycles. The lowest BCUT2D eigenvalue weighted by atomic mass is 9.97. The molecule has 1 unspecified atom stereocenters. The number of halogens is 1. The minimum absolute atomic E-state index is 0.0670. The van der Waals surface area contributed by atoms with Crippen LogP contribution in [0.1, 0.15) is 63.4 Å². The van der Waals surface area contributed by atoms with Crippen LogP contribution in [-0.4, -0.2) is 30.4 Å². The second kappa shape index (κ2) is 8.19. The Morgan fingerprint density at radius 3 is 2.55 bits per heavy atom. The van der Waals surface area contributed by atoms with Crippen LogP contribution in [0, 0.1) is 6.92 Å². The van der Waals surface area contributed by atoms with Gasteiger partial charge in [-0.3, -0.25) is 9.59 Å². The van der Waals surface area contributed by atoms with Crippen molar-refractivity contribution in [1.82, 2.24) is 4.90 Å². The molecular formula is C24H22ClNO5. The van der Waals surface area contributed by atoms with Gasteiger partial charge in [-0.05, 0) is 48.7 Å². The molecule has 2 heterocycles. The van der Waals surface area contributed by atoms with Crippen molar-refractivity contribution < 1.29 is 18.7 Å². The number of fused-ring (bicyclic) bond motifs is 2. The third-order valence-corrected chi connectivity index (χ3v) is 6.05. The van der Waals surface area contributed by atoms with Crippen LogP contribution >= 0.6 is 11.6 Å². The lowest BCUT2D eigenvalue weighted by molar-refractivity contribution is 0.0600. The molecule has 0 aliphatic carbocycles. The van der Waals surface area contributed by atoms with Gasteiger partial charge in [-0.15, -0.1) is 0 Å². The van der Waals surface area contributed by atoms with Gasteiger partial charge in [-0.25, -0.2) is 4.79 Å². The average Bonchev–Trinajstić information content (AvgIpc) is 3.05. The summed E-state index contributed by atoms with van der Waals surface area (Å²) in [4.78, 5) is 40.2. The first-order valence-electron chi connectivity index (χ1n) is 10.1. The summed E-state index contributed by atoms with van der Waals surface area (Å²) in [5.74, 6) is -0.692. The van der Waals surface area contributed by atoms with Gasteiger partial charge >= 0.3 is 5.97 Å². The van der Waals surface area contributed by atoms with Gasteiger partial charge in [0.05, 0.1) is 29.7 Å². The zero-order valence-corrected chi connectivity index (χ0v) is 18.3. The number of unbranched alkanes of at least 4 members (excludes halogenated alkanes) is 1. The zero-order chi connectivity index (χ0) is 22.3. The van der Waals surface area contributed by atoms with Crippen LogP contribution in [0.25, 0.3) is 11.0 Å². The van der Waals surface area contributed by atoms with Gasteiger partial charge in [0, 0.05) is 11.6 Å². The van der Waals surface area contributed by atoms with E-state index in [1.165, 1.54) is 7.11 Å². The molecule has 1 aromatic heterocycles. The fourth-order valence-electron chi connectivity index (χ4n) is 3.97. The Morgan fingerprint density at radius 1 is 1.19 bits per heavy atom. The Labute approximate surface area is 184 Å². The van der Waals surface area contributed by atoms with Crippen molar-refractivity contribution in [2.45, 2.75) is 32.7 Å². The molecule has 160 valence electrons. The van der Waals surface area contributed by atoms with Gasteiger partial charge in [-0.2, -0.15) is 0 Å². The molecule has 0 radical (unpaired) electrons. The monoisotopic (exact) mass is 439 g/mol. The number of aryl methyl sites for hydroxylation is 1. The van der Waals surface area contributed by atoms with Crippen molar-refractivity contribution in [1.29, 1.82) is 0 Å². The summed E-state index contributed by atoms with van der Waals surface area (Å²) in [6.07, 6.45) is 1.68. The first kappa shape index (κ1) is 21.1. The summed E-state index contributed by atoms with van der Waals surface area (Å²) in [6, 6.07) is 9.42. The number of methoxy groups -OCH3 is 1. The molecule has 1 aliphatic heterocycles. The molecule has 1 amide bonds. The van der Waals surface area contributed by atoms with E-state index in [0.717, 1.165) is 24.0 Å². The molecule has 4 rings (SSSR count). The molecule has 7 heteroatoms. The van der Waals surface area contributed by atoms with Gasteiger partial charge in [0.15, 0.2) is 5.43 Å². The number of carbonyl (C=O) groups is 2. The molecule has 6 nitrogen and oxygen atoms in total. The number of hydrogen-bond acceptors (Lipinski definition) is 5. The average molecular weight is 440 g/mol. The third-order valence-electron chi connectivity index (χ3n) is 5.65. The Bertz CT molecular complexity index is 1250. The number of esters is 1. The van der Waals surface area contributed by atoms with Crippen molar-refractivity contribution in [3.63, 3.8) is 0 Å². The topological polar surface area (TPSA) is 76.8 Å². The number of nitrogens with zero attached hydrogens (tertiary/aromatic N) is 1. The van der Waals surface area contributed by atoms with E-state index in [9.17, 15) is 14.4 Å². The summed E-state index contributed by atoms with van der Waals surface area (Å²) < 4.78 is 10.7. The molecule has 1 aliphatic rings. The van der Waals surface area contributed by atoms with Gasteiger partial charge in [0.25, 0.3) is 5.91 Å². The maximum Gasteiger partial charge on any atom is 0.337 e. The fraction of sp³-hybridized carbons (Fsp3) is 0.292. The zero-order valence-electron chi connectivity index (χ0n) is 17.5. The summed E-state index contributed by atoms with van der Waals surface area (Å²) in [6.45, 7) is 4.34. The summed E-state index contributed by atoms with van der Waals surface area (Å²) >= 11 is 6.25. The van der Waals surface area contributed by atoms with Gasteiger partial charge < -0.3 is 14.1 Å². The lowest BCUT2D eigenvalue weighted by Crippen LogP contribution is -2.30. The molecule has 0 saturated heterocycles. The predicted molar refractivity (Wildman–Crippen MR) is 118 cm³/mol. The van der Waals surface area contributed by atoms with Crippen molar-refractivity contribution in [3.05, 3.63) is 79.7 Å². The molecule has 2 aromatic carbocycles. The minimum atomic E-state index is -0.596. The number of benzene rings is 2. The van der Waals surface area contributed by atoms with Crippen molar-refractivity contribution in [2.75, 3.05) is 13.7 Å². The second-order valence-electron chi connectivity index (χ2n) is 7.64. The largest absolute Gasteiger partial charge is 0.465 e. The minimum Gasteiger partial charge on any atom is -0.465 e. The highest BCUT2D eigenvalue weighted by molar-refractivity contribution is 6.32. The first-order chi connectivity index (χ1) is 14.9. The number of ether oxygens (including phenoxy) is 1. The van der Waals surface area contributed by atoms with E-state index >= 15 is 0 Å². The van der Waals surface area contributed by atoms with Crippen molar-refractivity contribution in [3.8, 4) is 0 Å². The molecule has 1 atom stereocenters. The van der Waals surface area contributed by atoms with E-state index < -0.39 is 12.0 Å². The van der Waals surface area contributed by atoms with Crippen LogP contribution in [0.2, 0.25) is 5.02 Å². The second-order valence-corrected chi connectivity index (χ2v) is 8.05. The number of carbonyl (C=O) groups excluding carboxylic acids is 2. The summed E-state index contributed by atoms with van der Waals surface area (Å²) in [5.41, 5.74) is 2.26. The standard InChI is InChI=1S/C24H22ClNO5/c1-4-5-10-26-20(14-6-8-15(9-7-14)24(29)30-3)19-21(27)16-12-17(25)13(2)11-18(16)31-22(19)23(26)28/h6-9,11-12,20H,4-5,10H2,1-3H3. The summed E-state index contributed by atoms with van der Waals surface area (Å²) in [5, 5.41) is 0.807. The Kier molecular flexibility index (Phi) is 5.58. The Hall–Kier alpha value is -3.12. The normalized spacial score (nSPS) is 15.4. The highest BCUT2D eigenvalue weighted by Crippen LogP contribution is 2.39. The highest BCUT2D eigenvalue weighted by Gasteiger charge is 2.42. The van der Waals surface area contributed by atoms with Gasteiger partial charge in [0.2, 0.25) is 5.76 Å². The van der Waals surface area contributed by atoms with Crippen LogP contribution in [0.5, 0.6) is 0 Å². The molecule has 0 spiro atoms. The number of rotatable bonds is 5. The highest BCUT2D eigenvalue weighted by atomic mass is 35.5. The maximum absolute atomic E-state index is 13.5. The quantitative estimate of drug-likeness (QED) is 0.529. The molecule has 3 aromatic rings. The van der Waals surface area contributed by atoms with E-state index in [2.05, 4.69) is 0 Å². The molecule has 0 fully saturated rings. The van der Waals surface area contributed by atoms with E-state index in [1.54, 1.807) is 41.3 Å². The van der Waals surface area contributed by atoms with Crippen molar-refractivity contribution in [2.24, 2.45) is 0 Å². The predicted octanol–water partition coefficient (Wildman–Crippen LogP) is 4.89. The van der Waals surface area contributed by atoms with Crippen LogP contribution < -0.4 is 5.43 Å². The molecular weight excluding hydrogens is 418 g/mol. The molecule has 0 N–H and O–H groups in total. The SMILES string of the molecule is CCCCN1C(=O)c2oc3cc(C)c(Cl)cc3c(=O)c2C1c1ccc(C(=O)OC)cc1. The van der Waals surface area contributed by atoms with E-state index in [0.29, 0.717) is 33.7 Å². The van der Waals surface area contributed by atoms with Crippen molar-refractivity contribution >= 4 is 34.4 Å². The smallest absolute Gasteiger partial charge is 0.337 e. The fourth-order valence-corrected chi connectivity index (χ4v) is 4.13. The van der Waals surface area contributed by atoms with Gasteiger partial charge in [-0.1, -0.05) is 37.1 Å². The number of amides is 1. The Balaban J connectivity index is 1.92. The van der Waals surface area contributed by atoms with Crippen LogP contribution in [0.3, 0.4) is 0 Å². The van der Waals surface area contributed by atoms with E-state index in [-0.39, 0.29) is 17.1 Å². The van der Waals surface area contributed by atoms with Crippen LogP contribution in [0.15, 0.2) is 45.6 Å². The summed E-state index contributed by atoms with van der Waals surface area (Å²) in [7, 11) is 1.32.